The fourth-order valence-electron chi connectivity index (χ4n) is 3.58. The Balaban J connectivity index is 1.19. The van der Waals surface area contributed by atoms with Crippen LogP contribution in [0.25, 0.3) is 5.65 Å². The molecule has 3 aromatic rings. The Morgan fingerprint density at radius 1 is 1.00 bits per heavy atom. The maximum atomic E-state index is 4.78. The third kappa shape index (κ3) is 3.27. The molecule has 1 N–H and O–H groups in total. The third-order valence-electron chi connectivity index (χ3n) is 5.45. The summed E-state index contributed by atoms with van der Waals surface area (Å²) in [6, 6.07) is 8.17. The van der Waals surface area contributed by atoms with Crippen molar-refractivity contribution >= 4 is 17.3 Å². The summed E-state index contributed by atoms with van der Waals surface area (Å²) in [5.41, 5.74) is 1.83. The fourth-order valence-corrected chi connectivity index (χ4v) is 3.58. The third-order valence-corrected chi connectivity index (χ3v) is 5.45. The summed E-state index contributed by atoms with van der Waals surface area (Å²) in [7, 11) is 0. The van der Waals surface area contributed by atoms with Crippen molar-refractivity contribution in [2.45, 2.75) is 44.9 Å². The zero-order valence-corrected chi connectivity index (χ0v) is 16.6. The van der Waals surface area contributed by atoms with Crippen molar-refractivity contribution in [2.75, 3.05) is 29.9 Å². The van der Waals surface area contributed by atoms with E-state index in [0.717, 1.165) is 48.4 Å². The first kappa shape index (κ1) is 17.3. The molecule has 4 heterocycles. The molecule has 2 aliphatic rings. The van der Waals surface area contributed by atoms with E-state index in [1.165, 1.54) is 12.8 Å². The Bertz CT molecular complexity index is 978. The van der Waals surface area contributed by atoms with Crippen LogP contribution in [0.15, 0.2) is 24.3 Å². The minimum Gasteiger partial charge on any atom is -0.368 e. The first-order valence-electron chi connectivity index (χ1n) is 10.0. The number of nitrogens with zero attached hydrogens (tertiary/aromatic N) is 7. The second kappa shape index (κ2) is 6.39. The van der Waals surface area contributed by atoms with Crippen molar-refractivity contribution in [1.82, 2.24) is 30.0 Å². The number of hydrogen-bond acceptors (Lipinski definition) is 7. The van der Waals surface area contributed by atoms with E-state index >= 15 is 0 Å². The normalized spacial score (nSPS) is 17.8. The lowest BCUT2D eigenvalue weighted by Gasteiger charge is -2.40. The van der Waals surface area contributed by atoms with Crippen LogP contribution in [0.4, 0.5) is 11.6 Å². The quantitative estimate of drug-likeness (QED) is 0.730. The standard InChI is InChI=1S/C20H26N8/c1-20(2,3)19-25-24-17-8-9-18(26-28(17)19)27-11-13(12-27)10-21-16-7-6-15(22-23-16)14-4-5-14/h6-9,13-14H,4-5,10-12H2,1-3H3,(H,21,23). The summed E-state index contributed by atoms with van der Waals surface area (Å²) >= 11 is 0. The molecule has 1 aliphatic heterocycles. The molecule has 0 bridgehead atoms. The molecule has 28 heavy (non-hydrogen) atoms. The van der Waals surface area contributed by atoms with Gasteiger partial charge in [-0.15, -0.1) is 20.4 Å². The highest BCUT2D eigenvalue weighted by atomic mass is 15.4. The number of aromatic nitrogens is 6. The van der Waals surface area contributed by atoms with Crippen LogP contribution in [0, 0.1) is 5.92 Å². The molecule has 0 amide bonds. The molecule has 1 aliphatic carbocycles. The molecule has 0 atom stereocenters. The van der Waals surface area contributed by atoms with E-state index in [2.05, 4.69) is 57.4 Å². The SMILES string of the molecule is CC(C)(C)c1nnc2ccc(N3CC(CNc4ccc(C5CC5)nn4)C3)nn12. The summed E-state index contributed by atoms with van der Waals surface area (Å²) in [5.74, 6) is 3.95. The van der Waals surface area contributed by atoms with Crippen molar-refractivity contribution < 1.29 is 0 Å². The first-order chi connectivity index (χ1) is 13.5. The fraction of sp³-hybridized carbons (Fsp3) is 0.550. The molecular formula is C20H26N8. The molecule has 2 fully saturated rings. The predicted molar refractivity (Wildman–Crippen MR) is 108 cm³/mol. The van der Waals surface area contributed by atoms with Crippen molar-refractivity contribution in [2.24, 2.45) is 5.92 Å². The number of nitrogens with one attached hydrogen (secondary N) is 1. The number of fused-ring (bicyclic) bond motifs is 1. The van der Waals surface area contributed by atoms with Gasteiger partial charge in [-0.1, -0.05) is 20.8 Å². The van der Waals surface area contributed by atoms with Gasteiger partial charge in [0.2, 0.25) is 0 Å². The topological polar surface area (TPSA) is 84.1 Å². The van der Waals surface area contributed by atoms with E-state index in [1.807, 2.05) is 22.7 Å². The minimum absolute atomic E-state index is 0.0947. The molecular weight excluding hydrogens is 352 g/mol. The lowest BCUT2D eigenvalue weighted by atomic mass is 9.96. The largest absolute Gasteiger partial charge is 0.368 e. The molecule has 1 saturated carbocycles. The summed E-state index contributed by atoms with van der Waals surface area (Å²) < 4.78 is 1.87. The van der Waals surface area contributed by atoms with E-state index in [1.54, 1.807) is 0 Å². The molecule has 8 nitrogen and oxygen atoms in total. The van der Waals surface area contributed by atoms with Crippen LogP contribution in [0.2, 0.25) is 0 Å². The van der Waals surface area contributed by atoms with E-state index in [0.29, 0.717) is 11.8 Å². The number of hydrogen-bond donors (Lipinski definition) is 1. The van der Waals surface area contributed by atoms with Crippen molar-refractivity contribution in [3.63, 3.8) is 0 Å². The smallest absolute Gasteiger partial charge is 0.178 e. The van der Waals surface area contributed by atoms with Crippen molar-refractivity contribution in [3.05, 3.63) is 35.8 Å². The maximum Gasteiger partial charge on any atom is 0.178 e. The molecule has 0 aromatic carbocycles. The Hall–Kier alpha value is -2.77. The van der Waals surface area contributed by atoms with Gasteiger partial charge in [-0.3, -0.25) is 0 Å². The van der Waals surface area contributed by atoms with Gasteiger partial charge in [-0.2, -0.15) is 9.61 Å². The highest BCUT2D eigenvalue weighted by Crippen LogP contribution is 2.38. The molecule has 3 aromatic heterocycles. The highest BCUT2D eigenvalue weighted by molar-refractivity contribution is 5.48. The van der Waals surface area contributed by atoms with Crippen LogP contribution in [-0.2, 0) is 5.41 Å². The Morgan fingerprint density at radius 3 is 2.50 bits per heavy atom. The van der Waals surface area contributed by atoms with Crippen LogP contribution >= 0.6 is 0 Å². The average molecular weight is 378 g/mol. The summed E-state index contributed by atoms with van der Waals surface area (Å²) in [6.07, 6.45) is 2.51. The van der Waals surface area contributed by atoms with Gasteiger partial charge >= 0.3 is 0 Å². The summed E-state index contributed by atoms with van der Waals surface area (Å²) in [5, 5.41) is 25.4. The zero-order chi connectivity index (χ0) is 19.3. The Labute approximate surface area is 164 Å². The van der Waals surface area contributed by atoms with Gasteiger partial charge < -0.3 is 10.2 Å². The van der Waals surface area contributed by atoms with Gasteiger partial charge in [0.25, 0.3) is 0 Å². The average Bonchev–Trinajstić information content (AvgIpc) is 3.38. The van der Waals surface area contributed by atoms with Crippen LogP contribution in [0.1, 0.15) is 51.0 Å². The monoisotopic (exact) mass is 378 g/mol. The Morgan fingerprint density at radius 2 is 1.82 bits per heavy atom. The highest BCUT2D eigenvalue weighted by Gasteiger charge is 2.29. The van der Waals surface area contributed by atoms with Crippen LogP contribution < -0.4 is 10.2 Å². The van der Waals surface area contributed by atoms with Gasteiger partial charge in [-0.05, 0) is 37.1 Å². The molecule has 0 unspecified atom stereocenters. The molecule has 5 rings (SSSR count). The lowest BCUT2D eigenvalue weighted by Crippen LogP contribution is -2.50. The number of rotatable bonds is 5. The van der Waals surface area contributed by atoms with Crippen LogP contribution in [0.3, 0.4) is 0 Å². The van der Waals surface area contributed by atoms with E-state index in [9.17, 15) is 0 Å². The van der Waals surface area contributed by atoms with Gasteiger partial charge in [0.05, 0.1) is 5.69 Å². The summed E-state index contributed by atoms with van der Waals surface area (Å²) in [4.78, 5) is 2.29. The Kier molecular flexibility index (Phi) is 3.96. The predicted octanol–water partition coefficient (Wildman–Crippen LogP) is 2.64. The van der Waals surface area contributed by atoms with Crippen LogP contribution in [0.5, 0.6) is 0 Å². The van der Waals surface area contributed by atoms with E-state index < -0.39 is 0 Å². The van der Waals surface area contributed by atoms with Gasteiger partial charge in [-0.25, -0.2) is 0 Å². The van der Waals surface area contributed by atoms with E-state index in [-0.39, 0.29) is 5.41 Å². The maximum absolute atomic E-state index is 4.78. The van der Waals surface area contributed by atoms with Crippen molar-refractivity contribution in [3.8, 4) is 0 Å². The first-order valence-corrected chi connectivity index (χ1v) is 10.0. The summed E-state index contributed by atoms with van der Waals surface area (Å²) in [6.45, 7) is 9.24. The molecule has 0 radical (unpaired) electrons. The molecule has 1 saturated heterocycles. The lowest BCUT2D eigenvalue weighted by molar-refractivity contribution is 0.423. The molecule has 146 valence electrons. The molecule has 8 heteroatoms. The van der Waals surface area contributed by atoms with Gasteiger partial charge in [0.15, 0.2) is 11.5 Å². The van der Waals surface area contributed by atoms with E-state index in [4.69, 9.17) is 5.10 Å². The van der Waals surface area contributed by atoms with Gasteiger partial charge in [0, 0.05) is 36.9 Å². The molecule has 0 spiro atoms. The minimum atomic E-state index is -0.0947. The van der Waals surface area contributed by atoms with Crippen molar-refractivity contribution in [1.29, 1.82) is 0 Å². The second-order valence-corrected chi connectivity index (χ2v) is 9.00. The van der Waals surface area contributed by atoms with Gasteiger partial charge in [0.1, 0.15) is 11.6 Å². The second-order valence-electron chi connectivity index (χ2n) is 9.00. The van der Waals surface area contributed by atoms with Crippen LogP contribution in [-0.4, -0.2) is 49.6 Å². The number of anilines is 2. The zero-order valence-electron chi connectivity index (χ0n) is 16.6.